The number of hydrogen-bond acceptors (Lipinski definition) is 3. The van der Waals surface area contributed by atoms with Crippen molar-refractivity contribution < 1.29 is 14.6 Å². The molecule has 1 saturated heterocycles. The summed E-state index contributed by atoms with van der Waals surface area (Å²) in [4.78, 5) is 12.1. The minimum Gasteiger partial charge on any atom is -0.393 e. The number of hydrogen-bond donors (Lipinski definition) is 1. The molecule has 5 aliphatic rings. The number of rotatable bonds is 0. The van der Waals surface area contributed by atoms with Crippen molar-refractivity contribution in [2.75, 3.05) is 0 Å². The molecule has 9 atom stereocenters. The fraction of sp³-hybridized carbons (Fsp3) is 0.947. The largest absolute Gasteiger partial charge is 0.393 e. The Bertz CT molecular complexity index is 531. The minimum absolute atomic E-state index is 0.0671. The van der Waals surface area contributed by atoms with Crippen molar-refractivity contribution in [2.45, 2.75) is 77.1 Å². The molecule has 4 aliphatic carbocycles. The molecule has 22 heavy (non-hydrogen) atoms. The van der Waals surface area contributed by atoms with Gasteiger partial charge in [-0.05, 0) is 67.6 Å². The molecule has 0 amide bonds. The Morgan fingerprint density at radius 2 is 1.91 bits per heavy atom. The van der Waals surface area contributed by atoms with Crippen LogP contribution in [0.25, 0.3) is 0 Å². The molecule has 122 valence electrons. The van der Waals surface area contributed by atoms with Crippen molar-refractivity contribution in [3.8, 4) is 0 Å². The van der Waals surface area contributed by atoms with Gasteiger partial charge >= 0.3 is 0 Å². The Hall–Kier alpha value is -0.410. The quantitative estimate of drug-likeness (QED) is 0.700. The lowest BCUT2D eigenvalue weighted by atomic mass is 9.45. The predicted octanol–water partition coefficient (Wildman–Crippen LogP) is 2.95. The van der Waals surface area contributed by atoms with E-state index in [1.54, 1.807) is 0 Å². The number of carbonyl (C=O) groups is 1. The Morgan fingerprint density at radius 3 is 2.73 bits per heavy atom. The third-order valence-electron chi connectivity index (χ3n) is 8.78. The lowest BCUT2D eigenvalue weighted by molar-refractivity contribution is -0.136. The zero-order chi connectivity index (χ0) is 15.3. The van der Waals surface area contributed by atoms with Gasteiger partial charge in [0.15, 0.2) is 5.78 Å². The zero-order valence-corrected chi connectivity index (χ0v) is 13.8. The SMILES string of the molecule is C[C@]12CC[C@H]3[C@@H](CC[C@H]4CC(=O)[C@@H]5O[C@@H]5[C@@]43C)[C@@H]1CC[C@@H]2O. The van der Waals surface area contributed by atoms with Gasteiger partial charge in [-0.1, -0.05) is 13.8 Å². The van der Waals surface area contributed by atoms with Crippen LogP contribution in [0, 0.1) is 34.5 Å². The van der Waals surface area contributed by atoms with E-state index in [2.05, 4.69) is 13.8 Å². The van der Waals surface area contributed by atoms with Crippen LogP contribution < -0.4 is 0 Å². The van der Waals surface area contributed by atoms with Crippen LogP contribution in [0.4, 0.5) is 0 Å². The van der Waals surface area contributed by atoms with Gasteiger partial charge < -0.3 is 9.84 Å². The molecular formula is C19H28O3. The molecule has 4 saturated carbocycles. The molecule has 5 fully saturated rings. The summed E-state index contributed by atoms with van der Waals surface area (Å²) in [6, 6.07) is 0. The second-order valence-corrected chi connectivity index (χ2v) is 9.30. The molecule has 1 N–H and O–H groups in total. The normalized spacial score (nSPS) is 62.7. The van der Waals surface area contributed by atoms with Crippen LogP contribution >= 0.6 is 0 Å². The maximum absolute atomic E-state index is 12.1. The summed E-state index contributed by atoms with van der Waals surface area (Å²) in [5.41, 5.74) is 0.370. The number of ether oxygens (including phenoxy) is 1. The summed E-state index contributed by atoms with van der Waals surface area (Å²) in [5.74, 6) is 3.05. The number of carbonyl (C=O) groups excluding carboxylic acids is 1. The van der Waals surface area contributed by atoms with E-state index in [9.17, 15) is 9.90 Å². The molecule has 1 heterocycles. The highest BCUT2D eigenvalue weighted by Crippen LogP contribution is 2.68. The molecule has 3 nitrogen and oxygen atoms in total. The van der Waals surface area contributed by atoms with Gasteiger partial charge in [0.05, 0.1) is 12.2 Å². The average molecular weight is 304 g/mol. The number of epoxide rings is 1. The fourth-order valence-electron chi connectivity index (χ4n) is 7.40. The van der Waals surface area contributed by atoms with Gasteiger partial charge in [-0.25, -0.2) is 0 Å². The predicted molar refractivity (Wildman–Crippen MR) is 82.2 cm³/mol. The van der Waals surface area contributed by atoms with E-state index in [-0.39, 0.29) is 29.1 Å². The molecule has 0 aromatic heterocycles. The smallest absolute Gasteiger partial charge is 0.164 e. The second kappa shape index (κ2) is 4.16. The van der Waals surface area contributed by atoms with E-state index >= 15 is 0 Å². The van der Waals surface area contributed by atoms with Crippen molar-refractivity contribution in [1.29, 1.82) is 0 Å². The van der Waals surface area contributed by atoms with E-state index in [1.807, 2.05) is 0 Å². The highest BCUT2D eigenvalue weighted by atomic mass is 16.6. The first-order chi connectivity index (χ1) is 10.5. The fourth-order valence-corrected chi connectivity index (χ4v) is 7.40. The van der Waals surface area contributed by atoms with Crippen LogP contribution in [0.2, 0.25) is 0 Å². The van der Waals surface area contributed by atoms with Gasteiger partial charge in [-0.3, -0.25) is 4.79 Å². The third kappa shape index (κ3) is 1.48. The summed E-state index contributed by atoms with van der Waals surface area (Å²) < 4.78 is 5.87. The zero-order valence-electron chi connectivity index (χ0n) is 13.8. The minimum atomic E-state index is -0.0955. The van der Waals surface area contributed by atoms with Gasteiger partial charge in [0.2, 0.25) is 0 Å². The van der Waals surface area contributed by atoms with Crippen LogP contribution in [0.15, 0.2) is 0 Å². The van der Waals surface area contributed by atoms with Gasteiger partial charge in [-0.2, -0.15) is 0 Å². The van der Waals surface area contributed by atoms with Crippen molar-refractivity contribution in [1.82, 2.24) is 0 Å². The molecule has 3 heteroatoms. The van der Waals surface area contributed by atoms with Crippen LogP contribution in [-0.2, 0) is 9.53 Å². The molecule has 0 aromatic rings. The molecule has 0 radical (unpaired) electrons. The van der Waals surface area contributed by atoms with Crippen molar-refractivity contribution in [3.63, 3.8) is 0 Å². The highest BCUT2D eigenvalue weighted by Gasteiger charge is 2.69. The van der Waals surface area contributed by atoms with E-state index in [4.69, 9.17) is 4.74 Å². The van der Waals surface area contributed by atoms with Gasteiger partial charge in [0.1, 0.15) is 6.10 Å². The van der Waals surface area contributed by atoms with Gasteiger partial charge in [0.25, 0.3) is 0 Å². The summed E-state index contributed by atoms with van der Waals surface area (Å²) in [7, 11) is 0. The summed E-state index contributed by atoms with van der Waals surface area (Å²) in [6.45, 7) is 4.76. The van der Waals surface area contributed by atoms with Gasteiger partial charge in [0, 0.05) is 11.8 Å². The topological polar surface area (TPSA) is 49.8 Å². The third-order valence-corrected chi connectivity index (χ3v) is 8.78. The lowest BCUT2D eigenvalue weighted by Crippen LogP contribution is -2.56. The van der Waals surface area contributed by atoms with Crippen LogP contribution in [0.5, 0.6) is 0 Å². The maximum atomic E-state index is 12.1. The average Bonchev–Trinajstić information content (AvgIpc) is 3.24. The van der Waals surface area contributed by atoms with Crippen LogP contribution in [0.3, 0.4) is 0 Å². The first-order valence-corrected chi connectivity index (χ1v) is 9.32. The number of fused-ring (bicyclic) bond motifs is 7. The first-order valence-electron chi connectivity index (χ1n) is 9.32. The summed E-state index contributed by atoms with van der Waals surface area (Å²) in [6.07, 6.45) is 7.84. The van der Waals surface area contributed by atoms with Crippen LogP contribution in [-0.4, -0.2) is 29.2 Å². The maximum Gasteiger partial charge on any atom is 0.164 e. The van der Waals surface area contributed by atoms with E-state index < -0.39 is 0 Å². The number of aliphatic hydroxyl groups excluding tert-OH is 1. The standard InChI is InChI=1S/C19H28O3/c1-18-8-7-13-11(12(18)5-6-15(18)21)4-3-10-9-14(20)16-17(22-16)19(10,13)2/h10-13,15-17,21H,3-9H2,1-2H3/t10-,11-,12-,13-,15-,16-,17-,18-,19-/m0/s1. The number of aliphatic hydroxyl groups is 1. The Morgan fingerprint density at radius 1 is 1.09 bits per heavy atom. The Kier molecular flexibility index (Phi) is 2.64. The molecule has 0 aromatic carbocycles. The van der Waals surface area contributed by atoms with E-state index in [1.165, 1.54) is 25.7 Å². The summed E-state index contributed by atoms with van der Waals surface area (Å²) >= 11 is 0. The summed E-state index contributed by atoms with van der Waals surface area (Å²) in [5, 5.41) is 10.5. The molecule has 0 spiro atoms. The van der Waals surface area contributed by atoms with Crippen molar-refractivity contribution in [3.05, 3.63) is 0 Å². The molecule has 5 rings (SSSR count). The molecule has 1 aliphatic heterocycles. The lowest BCUT2D eigenvalue weighted by Gasteiger charge is -2.59. The van der Waals surface area contributed by atoms with E-state index in [0.717, 1.165) is 25.2 Å². The van der Waals surface area contributed by atoms with Gasteiger partial charge in [-0.15, -0.1) is 0 Å². The molecular weight excluding hydrogens is 276 g/mol. The number of Topliss-reactive ketones (excluding diaryl/α,β-unsaturated/α-hetero) is 1. The van der Waals surface area contributed by atoms with Crippen LogP contribution in [0.1, 0.15) is 58.8 Å². The molecule has 0 unspecified atom stereocenters. The van der Waals surface area contributed by atoms with Crippen molar-refractivity contribution in [2.24, 2.45) is 34.5 Å². The second-order valence-electron chi connectivity index (χ2n) is 9.30. The van der Waals surface area contributed by atoms with E-state index in [0.29, 0.717) is 23.5 Å². The molecule has 0 bridgehead atoms. The monoisotopic (exact) mass is 304 g/mol. The Labute approximate surface area is 132 Å². The first kappa shape index (κ1) is 14.0. The Balaban J connectivity index is 1.50. The highest BCUT2D eigenvalue weighted by molar-refractivity contribution is 5.87. The van der Waals surface area contributed by atoms with Crippen molar-refractivity contribution >= 4 is 5.78 Å². The number of ketones is 1.